The lowest BCUT2D eigenvalue weighted by molar-refractivity contribution is -0.120. The topological polar surface area (TPSA) is 121 Å². The lowest BCUT2D eigenvalue weighted by Crippen LogP contribution is -2.34. The minimum Gasteiger partial charge on any atom is -0.478 e. The molecule has 0 saturated carbocycles. The van der Waals surface area contributed by atoms with E-state index in [1.165, 1.54) is 42.9 Å². The van der Waals surface area contributed by atoms with Crippen molar-refractivity contribution in [2.75, 3.05) is 6.54 Å². The third-order valence-electron chi connectivity index (χ3n) is 2.91. The first-order valence-corrected chi connectivity index (χ1v) is 6.90. The highest BCUT2D eigenvalue weighted by Crippen LogP contribution is 2.02. The summed E-state index contributed by atoms with van der Waals surface area (Å²) in [6.45, 7) is -0.226. The number of hydrogen-bond donors (Lipinski definition) is 3. The van der Waals surface area contributed by atoms with Crippen LogP contribution in [-0.4, -0.2) is 40.6 Å². The Hall–Kier alpha value is -3.55. The van der Waals surface area contributed by atoms with Gasteiger partial charge in [0.15, 0.2) is 0 Å². The lowest BCUT2D eigenvalue weighted by atomic mass is 10.1. The predicted molar refractivity (Wildman–Crippen MR) is 85.7 cm³/mol. The monoisotopic (exact) mass is 326 g/mol. The average molecular weight is 326 g/mol. The van der Waals surface area contributed by atoms with E-state index in [9.17, 15) is 14.4 Å². The van der Waals surface area contributed by atoms with Crippen molar-refractivity contribution in [1.82, 2.24) is 15.7 Å². The molecule has 1 aromatic carbocycles. The van der Waals surface area contributed by atoms with Gasteiger partial charge in [-0.3, -0.25) is 14.6 Å². The molecule has 0 fully saturated rings. The Balaban J connectivity index is 1.78. The summed E-state index contributed by atoms with van der Waals surface area (Å²) in [5.41, 5.74) is 3.45. The van der Waals surface area contributed by atoms with E-state index in [0.29, 0.717) is 11.1 Å². The maximum atomic E-state index is 11.7. The van der Waals surface area contributed by atoms with Crippen molar-refractivity contribution in [2.24, 2.45) is 5.10 Å². The Labute approximate surface area is 137 Å². The molecule has 3 N–H and O–H groups in total. The van der Waals surface area contributed by atoms with Crippen molar-refractivity contribution in [2.45, 2.75) is 0 Å². The van der Waals surface area contributed by atoms with Gasteiger partial charge < -0.3 is 10.4 Å². The summed E-state index contributed by atoms with van der Waals surface area (Å²) < 4.78 is 0. The quantitative estimate of drug-likeness (QED) is 0.532. The minimum atomic E-state index is -1.02. The van der Waals surface area contributed by atoms with E-state index in [0.717, 1.165) is 0 Å². The first-order valence-electron chi connectivity index (χ1n) is 6.90. The number of carboxylic acids is 1. The molecule has 0 aliphatic rings. The maximum Gasteiger partial charge on any atom is 0.335 e. The van der Waals surface area contributed by atoms with Gasteiger partial charge in [0.2, 0.25) is 0 Å². The van der Waals surface area contributed by atoms with Crippen LogP contribution < -0.4 is 10.7 Å². The molecule has 8 heteroatoms. The summed E-state index contributed by atoms with van der Waals surface area (Å²) >= 11 is 0. The molecule has 0 spiro atoms. The number of carboxylic acid groups (broad SMARTS) is 1. The van der Waals surface area contributed by atoms with Crippen LogP contribution in [0.3, 0.4) is 0 Å². The second-order valence-electron chi connectivity index (χ2n) is 4.64. The van der Waals surface area contributed by atoms with Crippen molar-refractivity contribution in [3.8, 4) is 0 Å². The van der Waals surface area contributed by atoms with Crippen LogP contribution in [-0.2, 0) is 4.79 Å². The van der Waals surface area contributed by atoms with Gasteiger partial charge in [0.25, 0.3) is 11.8 Å². The fraction of sp³-hybridized carbons (Fsp3) is 0.0625. The highest BCUT2D eigenvalue weighted by molar-refractivity contribution is 5.96. The van der Waals surface area contributed by atoms with E-state index in [1.807, 2.05) is 0 Å². The Morgan fingerprint density at radius 2 is 1.71 bits per heavy atom. The van der Waals surface area contributed by atoms with Gasteiger partial charge in [-0.2, -0.15) is 5.10 Å². The van der Waals surface area contributed by atoms with Crippen molar-refractivity contribution in [3.63, 3.8) is 0 Å². The number of pyridine rings is 1. The highest BCUT2D eigenvalue weighted by Gasteiger charge is 2.06. The van der Waals surface area contributed by atoms with Gasteiger partial charge >= 0.3 is 5.97 Å². The van der Waals surface area contributed by atoms with Crippen LogP contribution in [0.2, 0.25) is 0 Å². The number of carbonyl (C=O) groups excluding carboxylic acids is 2. The van der Waals surface area contributed by atoms with E-state index in [4.69, 9.17) is 5.11 Å². The molecule has 0 atom stereocenters. The molecule has 24 heavy (non-hydrogen) atoms. The molecular weight excluding hydrogens is 312 g/mol. The van der Waals surface area contributed by atoms with Gasteiger partial charge in [0.1, 0.15) is 0 Å². The van der Waals surface area contributed by atoms with Crippen LogP contribution in [0.15, 0.2) is 53.9 Å². The van der Waals surface area contributed by atoms with Crippen molar-refractivity contribution in [1.29, 1.82) is 0 Å². The number of aromatic nitrogens is 1. The Morgan fingerprint density at radius 3 is 2.33 bits per heavy atom. The number of hydrazone groups is 1. The molecule has 122 valence electrons. The van der Waals surface area contributed by atoms with Crippen LogP contribution in [0.4, 0.5) is 0 Å². The normalized spacial score (nSPS) is 10.3. The van der Waals surface area contributed by atoms with E-state index in [1.54, 1.807) is 12.1 Å². The van der Waals surface area contributed by atoms with Gasteiger partial charge in [-0.1, -0.05) is 12.1 Å². The number of hydrogen-bond acceptors (Lipinski definition) is 5. The highest BCUT2D eigenvalue weighted by atomic mass is 16.4. The summed E-state index contributed by atoms with van der Waals surface area (Å²) in [4.78, 5) is 37.8. The molecular formula is C16H14N4O4. The third kappa shape index (κ3) is 5.02. The smallest absolute Gasteiger partial charge is 0.335 e. The number of nitrogens with one attached hydrogen (secondary N) is 2. The van der Waals surface area contributed by atoms with E-state index < -0.39 is 11.9 Å². The average Bonchev–Trinajstić information content (AvgIpc) is 2.61. The molecule has 0 bridgehead atoms. The molecule has 0 aliphatic heterocycles. The van der Waals surface area contributed by atoms with Crippen LogP contribution in [0.5, 0.6) is 0 Å². The van der Waals surface area contributed by atoms with Crippen LogP contribution in [0.1, 0.15) is 26.3 Å². The van der Waals surface area contributed by atoms with Crippen molar-refractivity contribution < 1.29 is 19.5 Å². The number of nitrogens with zero attached hydrogens (tertiary/aromatic N) is 2. The molecule has 0 saturated heterocycles. The molecule has 0 unspecified atom stereocenters. The van der Waals surface area contributed by atoms with Gasteiger partial charge in [-0.15, -0.1) is 0 Å². The second-order valence-corrected chi connectivity index (χ2v) is 4.64. The zero-order valence-corrected chi connectivity index (χ0v) is 12.5. The third-order valence-corrected chi connectivity index (χ3v) is 2.91. The van der Waals surface area contributed by atoms with Crippen LogP contribution >= 0.6 is 0 Å². The Kier molecular flexibility index (Phi) is 5.73. The first-order chi connectivity index (χ1) is 11.6. The van der Waals surface area contributed by atoms with E-state index in [-0.39, 0.29) is 18.0 Å². The SMILES string of the molecule is O=C(CNC(=O)c1ccncc1)NN=Cc1ccc(C(=O)O)cc1. The summed E-state index contributed by atoms with van der Waals surface area (Å²) in [5.74, 6) is -1.90. The largest absolute Gasteiger partial charge is 0.478 e. The zero-order valence-electron chi connectivity index (χ0n) is 12.5. The summed E-state index contributed by atoms with van der Waals surface area (Å²) in [7, 11) is 0. The lowest BCUT2D eigenvalue weighted by Gasteiger charge is -2.03. The summed E-state index contributed by atoms with van der Waals surface area (Å²) in [6, 6.07) is 9.05. The standard InChI is InChI=1S/C16H14N4O4/c21-14(10-18-15(22)12-5-7-17-8-6-12)20-19-9-11-1-3-13(4-2-11)16(23)24/h1-9H,10H2,(H,18,22)(H,20,21)(H,23,24). The van der Waals surface area contributed by atoms with Crippen molar-refractivity contribution in [3.05, 3.63) is 65.5 Å². The van der Waals surface area contributed by atoms with Crippen LogP contribution in [0.25, 0.3) is 0 Å². The maximum absolute atomic E-state index is 11.7. The Bertz CT molecular complexity index is 757. The van der Waals surface area contributed by atoms with Crippen LogP contribution in [0, 0.1) is 0 Å². The Morgan fingerprint density at radius 1 is 1.04 bits per heavy atom. The predicted octanol–water partition coefficient (Wildman–Crippen LogP) is 0.660. The first kappa shape index (κ1) is 16.8. The van der Waals surface area contributed by atoms with Gasteiger partial charge in [0, 0.05) is 18.0 Å². The summed E-state index contributed by atoms with van der Waals surface area (Å²) in [6.07, 6.45) is 4.33. The van der Waals surface area contributed by atoms with Gasteiger partial charge in [-0.05, 0) is 29.8 Å². The molecule has 1 aromatic heterocycles. The fourth-order valence-electron chi connectivity index (χ4n) is 1.70. The zero-order chi connectivity index (χ0) is 17.4. The number of rotatable bonds is 6. The van der Waals surface area contributed by atoms with Gasteiger partial charge in [-0.25, -0.2) is 10.2 Å². The molecule has 0 aliphatic carbocycles. The molecule has 2 amide bonds. The molecule has 8 nitrogen and oxygen atoms in total. The molecule has 2 rings (SSSR count). The number of benzene rings is 1. The molecule has 1 heterocycles. The van der Waals surface area contributed by atoms with E-state index >= 15 is 0 Å². The minimum absolute atomic E-state index is 0.162. The van der Waals surface area contributed by atoms with Gasteiger partial charge in [0.05, 0.1) is 18.3 Å². The molecule has 2 aromatic rings. The van der Waals surface area contributed by atoms with E-state index in [2.05, 4.69) is 20.8 Å². The number of amides is 2. The molecule has 0 radical (unpaired) electrons. The van der Waals surface area contributed by atoms with Crippen molar-refractivity contribution >= 4 is 24.0 Å². The number of aromatic carboxylic acids is 1. The number of carbonyl (C=O) groups is 3. The fourth-order valence-corrected chi connectivity index (χ4v) is 1.70. The second kappa shape index (κ2) is 8.18. The summed E-state index contributed by atoms with van der Waals surface area (Å²) in [5, 5.41) is 15.0.